The van der Waals surface area contributed by atoms with Crippen molar-refractivity contribution in [2.45, 2.75) is 0 Å². The molecular formula is C24H16Cl2N2O4. The maximum Gasteiger partial charge on any atom is 0.343 e. The number of nitrogens with one attached hydrogen (secondary N) is 1. The summed E-state index contributed by atoms with van der Waals surface area (Å²) in [5.41, 5.74) is 0.961. The van der Waals surface area contributed by atoms with Crippen molar-refractivity contribution in [3.05, 3.63) is 93.5 Å². The molecule has 0 aliphatic rings. The van der Waals surface area contributed by atoms with Crippen molar-refractivity contribution >= 4 is 46.8 Å². The van der Waals surface area contributed by atoms with Crippen LogP contribution in [0.25, 0.3) is 6.08 Å². The number of methoxy groups -OCH3 is 1. The van der Waals surface area contributed by atoms with Gasteiger partial charge in [-0.1, -0.05) is 35.3 Å². The highest BCUT2D eigenvalue weighted by Gasteiger charge is 2.13. The van der Waals surface area contributed by atoms with E-state index in [0.29, 0.717) is 21.9 Å². The Hall–Kier alpha value is -3.79. The molecule has 0 aliphatic carbocycles. The van der Waals surface area contributed by atoms with Crippen LogP contribution < -0.4 is 14.8 Å². The average molecular weight is 467 g/mol. The summed E-state index contributed by atoms with van der Waals surface area (Å²) >= 11 is 12.0. The number of benzene rings is 3. The van der Waals surface area contributed by atoms with Crippen molar-refractivity contribution in [2.24, 2.45) is 0 Å². The standard InChI is InChI=1S/C24H16Cl2N2O4/c1-31-19-8-5-16(6-9-19)24(30)32-20-4-2-3-15(12-20)11-17(14-27)23(29)28-22-13-18(25)7-10-21(22)26/h2-13H,1H3,(H,28,29)/b17-11+. The molecule has 32 heavy (non-hydrogen) atoms. The first-order valence-corrected chi connectivity index (χ1v) is 9.99. The quantitative estimate of drug-likeness (QED) is 0.215. The number of carbonyl (C=O) groups excluding carboxylic acids is 2. The largest absolute Gasteiger partial charge is 0.497 e. The summed E-state index contributed by atoms with van der Waals surface area (Å²) in [6.07, 6.45) is 1.37. The summed E-state index contributed by atoms with van der Waals surface area (Å²) in [5.74, 6) is -0.329. The minimum atomic E-state index is -0.655. The molecule has 160 valence electrons. The smallest absolute Gasteiger partial charge is 0.343 e. The van der Waals surface area contributed by atoms with Crippen LogP contribution in [0.4, 0.5) is 5.69 Å². The predicted octanol–water partition coefficient (Wildman–Crippen LogP) is 5.77. The van der Waals surface area contributed by atoms with Crippen molar-refractivity contribution in [3.63, 3.8) is 0 Å². The highest BCUT2D eigenvalue weighted by Crippen LogP contribution is 2.26. The van der Waals surface area contributed by atoms with Gasteiger partial charge in [0, 0.05) is 5.02 Å². The van der Waals surface area contributed by atoms with E-state index < -0.39 is 11.9 Å². The number of hydrogen-bond donors (Lipinski definition) is 1. The molecule has 0 fully saturated rings. The molecule has 3 rings (SSSR count). The Labute approximate surface area is 194 Å². The zero-order valence-corrected chi connectivity index (χ0v) is 18.3. The normalized spacial score (nSPS) is 10.8. The van der Waals surface area contributed by atoms with Gasteiger partial charge in [0.1, 0.15) is 23.1 Å². The van der Waals surface area contributed by atoms with Crippen molar-refractivity contribution in [3.8, 4) is 17.6 Å². The molecular weight excluding hydrogens is 451 g/mol. The number of amides is 1. The van der Waals surface area contributed by atoms with Gasteiger partial charge in [0.2, 0.25) is 0 Å². The summed E-state index contributed by atoms with van der Waals surface area (Å²) in [7, 11) is 1.53. The van der Waals surface area contributed by atoms with Crippen molar-refractivity contribution in [2.75, 3.05) is 12.4 Å². The molecule has 1 amide bonds. The minimum absolute atomic E-state index is 0.167. The summed E-state index contributed by atoms with van der Waals surface area (Å²) in [5, 5.41) is 12.7. The number of esters is 1. The Morgan fingerprint density at radius 3 is 2.44 bits per heavy atom. The lowest BCUT2D eigenvalue weighted by Crippen LogP contribution is -2.13. The lowest BCUT2D eigenvalue weighted by Gasteiger charge is -2.08. The highest BCUT2D eigenvalue weighted by atomic mass is 35.5. The second-order valence-corrected chi connectivity index (χ2v) is 7.28. The van der Waals surface area contributed by atoms with E-state index in [1.165, 1.54) is 25.3 Å². The molecule has 0 radical (unpaired) electrons. The fourth-order valence-corrected chi connectivity index (χ4v) is 3.00. The van der Waals surface area contributed by atoms with Crippen LogP contribution in [0.15, 0.2) is 72.3 Å². The van der Waals surface area contributed by atoms with Crippen LogP contribution in [0.3, 0.4) is 0 Å². The van der Waals surface area contributed by atoms with Gasteiger partial charge in [-0.15, -0.1) is 0 Å². The van der Waals surface area contributed by atoms with Crippen LogP contribution in [0.5, 0.6) is 11.5 Å². The van der Waals surface area contributed by atoms with Gasteiger partial charge in [-0.2, -0.15) is 5.26 Å². The zero-order chi connectivity index (χ0) is 23.1. The van der Waals surface area contributed by atoms with E-state index in [2.05, 4.69) is 5.32 Å². The van der Waals surface area contributed by atoms with E-state index in [4.69, 9.17) is 32.7 Å². The Morgan fingerprint density at radius 1 is 1.00 bits per heavy atom. The molecule has 3 aromatic carbocycles. The average Bonchev–Trinajstić information content (AvgIpc) is 2.80. The van der Waals surface area contributed by atoms with E-state index in [1.54, 1.807) is 54.6 Å². The lowest BCUT2D eigenvalue weighted by molar-refractivity contribution is -0.112. The topological polar surface area (TPSA) is 88.4 Å². The van der Waals surface area contributed by atoms with Crippen LogP contribution in [0.2, 0.25) is 10.0 Å². The fraction of sp³-hybridized carbons (Fsp3) is 0.0417. The molecule has 0 atom stereocenters. The molecule has 3 aromatic rings. The van der Waals surface area contributed by atoms with Gasteiger partial charge in [-0.3, -0.25) is 4.79 Å². The number of halogens is 2. The number of nitriles is 1. The number of rotatable bonds is 6. The predicted molar refractivity (Wildman–Crippen MR) is 123 cm³/mol. The molecule has 0 bridgehead atoms. The maximum absolute atomic E-state index is 12.5. The summed E-state index contributed by atoms with van der Waals surface area (Å²) in [6.45, 7) is 0. The van der Waals surface area contributed by atoms with Crippen molar-refractivity contribution in [1.29, 1.82) is 5.26 Å². The molecule has 0 spiro atoms. The van der Waals surface area contributed by atoms with Gasteiger partial charge in [0.25, 0.3) is 5.91 Å². The molecule has 0 aliphatic heterocycles. The number of nitrogens with zero attached hydrogens (tertiary/aromatic N) is 1. The van der Waals surface area contributed by atoms with Crippen LogP contribution in [-0.4, -0.2) is 19.0 Å². The van der Waals surface area contributed by atoms with Crippen LogP contribution in [0, 0.1) is 11.3 Å². The Balaban J connectivity index is 1.76. The Bertz CT molecular complexity index is 1230. The number of hydrogen-bond acceptors (Lipinski definition) is 5. The molecule has 0 aromatic heterocycles. The number of ether oxygens (including phenoxy) is 2. The van der Waals surface area contributed by atoms with Crippen LogP contribution in [0.1, 0.15) is 15.9 Å². The SMILES string of the molecule is COc1ccc(C(=O)Oc2cccc(/C=C(\C#N)C(=O)Nc3cc(Cl)ccc3Cl)c2)cc1. The molecule has 8 heteroatoms. The molecule has 0 heterocycles. The monoisotopic (exact) mass is 466 g/mol. The summed E-state index contributed by atoms with van der Waals surface area (Å²) in [6, 6.07) is 19.4. The van der Waals surface area contributed by atoms with E-state index in [9.17, 15) is 14.9 Å². The Kier molecular flexibility index (Phi) is 7.50. The third-order valence-electron chi connectivity index (χ3n) is 4.25. The third-order valence-corrected chi connectivity index (χ3v) is 4.81. The third kappa shape index (κ3) is 5.88. The summed E-state index contributed by atoms with van der Waals surface area (Å²) in [4.78, 5) is 24.9. The van der Waals surface area contributed by atoms with Crippen molar-refractivity contribution in [1.82, 2.24) is 0 Å². The highest BCUT2D eigenvalue weighted by molar-refractivity contribution is 6.36. The number of carbonyl (C=O) groups is 2. The maximum atomic E-state index is 12.5. The lowest BCUT2D eigenvalue weighted by atomic mass is 10.1. The fourth-order valence-electron chi connectivity index (χ4n) is 2.66. The first-order valence-electron chi connectivity index (χ1n) is 9.24. The molecule has 0 unspecified atom stereocenters. The van der Waals surface area contributed by atoms with Crippen LogP contribution in [-0.2, 0) is 4.79 Å². The van der Waals surface area contributed by atoms with Gasteiger partial charge in [0.05, 0.1) is 23.4 Å². The Morgan fingerprint density at radius 2 is 1.75 bits per heavy atom. The van der Waals surface area contributed by atoms with E-state index in [-0.39, 0.29) is 22.0 Å². The first-order chi connectivity index (χ1) is 15.4. The van der Waals surface area contributed by atoms with Gasteiger partial charge in [0.15, 0.2) is 0 Å². The van der Waals surface area contributed by atoms with Gasteiger partial charge >= 0.3 is 5.97 Å². The number of anilines is 1. The molecule has 0 saturated carbocycles. The van der Waals surface area contributed by atoms with Gasteiger partial charge in [-0.25, -0.2) is 4.79 Å². The van der Waals surface area contributed by atoms with E-state index in [0.717, 1.165) is 0 Å². The summed E-state index contributed by atoms with van der Waals surface area (Å²) < 4.78 is 10.5. The van der Waals surface area contributed by atoms with Gasteiger partial charge < -0.3 is 14.8 Å². The van der Waals surface area contributed by atoms with E-state index >= 15 is 0 Å². The van der Waals surface area contributed by atoms with E-state index in [1.807, 2.05) is 6.07 Å². The molecule has 0 saturated heterocycles. The molecule has 6 nitrogen and oxygen atoms in total. The molecule has 1 N–H and O–H groups in total. The first kappa shape index (κ1) is 22.9. The van der Waals surface area contributed by atoms with Gasteiger partial charge in [-0.05, 0) is 66.2 Å². The second-order valence-electron chi connectivity index (χ2n) is 6.44. The minimum Gasteiger partial charge on any atom is -0.497 e. The zero-order valence-electron chi connectivity index (χ0n) is 16.8. The van der Waals surface area contributed by atoms with Crippen molar-refractivity contribution < 1.29 is 19.1 Å². The van der Waals surface area contributed by atoms with Crippen LogP contribution >= 0.6 is 23.2 Å². The second kappa shape index (κ2) is 10.5.